The topological polar surface area (TPSA) is 89.3 Å². The summed E-state index contributed by atoms with van der Waals surface area (Å²) < 4.78 is 25.2. The van der Waals surface area contributed by atoms with Gasteiger partial charge in [0.25, 0.3) is 5.56 Å². The van der Waals surface area contributed by atoms with Crippen molar-refractivity contribution >= 4 is 49.1 Å². The molecule has 10 heteroatoms. The zero-order valence-corrected chi connectivity index (χ0v) is 20.5. The second kappa shape index (κ2) is 9.00. The zero-order chi connectivity index (χ0) is 22.2. The Kier molecular flexibility index (Phi) is 6.98. The van der Waals surface area contributed by atoms with Crippen LogP contribution in [0.4, 0.5) is 0 Å². The van der Waals surface area contributed by atoms with Gasteiger partial charge in [-0.25, -0.2) is 13.4 Å². The van der Waals surface area contributed by atoms with Crippen LogP contribution in [0.1, 0.15) is 43.6 Å². The highest BCUT2D eigenvalue weighted by molar-refractivity contribution is 8.00. The molecule has 1 fully saturated rings. The molecule has 3 rings (SSSR count). The van der Waals surface area contributed by atoms with Crippen LogP contribution in [0.15, 0.2) is 9.95 Å². The van der Waals surface area contributed by atoms with Crippen LogP contribution < -0.4 is 5.56 Å². The maximum atomic E-state index is 13.2. The van der Waals surface area contributed by atoms with Crippen LogP contribution in [0.2, 0.25) is 0 Å². The number of aromatic nitrogens is 2. The summed E-state index contributed by atoms with van der Waals surface area (Å²) >= 11 is 2.78. The second-order valence-electron chi connectivity index (χ2n) is 7.93. The molecule has 166 valence electrons. The first-order valence-corrected chi connectivity index (χ1v) is 13.7. The van der Waals surface area contributed by atoms with Gasteiger partial charge in [-0.2, -0.15) is 0 Å². The lowest BCUT2D eigenvalue weighted by atomic mass is 10.2. The Bertz CT molecular complexity index is 1120. The molecule has 7 nitrogen and oxygen atoms in total. The van der Waals surface area contributed by atoms with Crippen molar-refractivity contribution in [3.8, 4) is 0 Å². The molecular weight excluding hydrogens is 442 g/mol. The number of unbranched alkanes of at least 4 members (excludes halogenated alkanes) is 1. The van der Waals surface area contributed by atoms with E-state index in [1.807, 2.05) is 13.8 Å². The Labute approximate surface area is 185 Å². The molecular formula is C20H29N3O4S3. The van der Waals surface area contributed by atoms with Crippen molar-refractivity contribution in [3.63, 3.8) is 0 Å². The van der Waals surface area contributed by atoms with Crippen LogP contribution >= 0.6 is 23.1 Å². The number of amides is 1. The summed E-state index contributed by atoms with van der Waals surface area (Å²) in [6.45, 7) is 8.36. The monoisotopic (exact) mass is 471 g/mol. The lowest BCUT2D eigenvalue weighted by Crippen LogP contribution is -2.42. The van der Waals surface area contributed by atoms with Crippen LogP contribution in [0.3, 0.4) is 0 Å². The van der Waals surface area contributed by atoms with Gasteiger partial charge in [0.1, 0.15) is 4.83 Å². The van der Waals surface area contributed by atoms with Gasteiger partial charge in [-0.1, -0.05) is 25.1 Å². The van der Waals surface area contributed by atoms with Crippen LogP contribution in [0.25, 0.3) is 10.2 Å². The largest absolute Gasteiger partial charge is 0.341 e. The third kappa shape index (κ3) is 4.60. The van der Waals surface area contributed by atoms with E-state index in [4.69, 9.17) is 4.98 Å². The van der Waals surface area contributed by atoms with Gasteiger partial charge in [-0.05, 0) is 39.2 Å². The molecule has 0 aliphatic carbocycles. The first-order valence-electron chi connectivity index (χ1n) is 10.2. The molecule has 1 aliphatic rings. The quantitative estimate of drug-likeness (QED) is 0.456. The van der Waals surface area contributed by atoms with Gasteiger partial charge >= 0.3 is 0 Å². The molecule has 2 atom stereocenters. The number of carbonyl (C=O) groups excluding carboxylic acids is 1. The number of hydrogen-bond donors (Lipinski definition) is 0. The second-order valence-corrected chi connectivity index (χ2v) is 12.7. The number of thioether (sulfide) groups is 1. The number of fused-ring (bicyclic) bond motifs is 1. The fourth-order valence-corrected chi connectivity index (χ4v) is 7.55. The first kappa shape index (κ1) is 23.3. The lowest BCUT2D eigenvalue weighted by molar-refractivity contribution is -0.130. The van der Waals surface area contributed by atoms with E-state index in [2.05, 4.69) is 6.92 Å². The zero-order valence-electron chi connectivity index (χ0n) is 18.1. The summed E-state index contributed by atoms with van der Waals surface area (Å²) in [6.07, 6.45) is 2.27. The lowest BCUT2D eigenvalue weighted by Gasteiger charge is -2.26. The van der Waals surface area contributed by atoms with Crippen molar-refractivity contribution in [1.82, 2.24) is 14.5 Å². The third-order valence-corrected chi connectivity index (χ3v) is 9.65. The van der Waals surface area contributed by atoms with Crippen LogP contribution in [-0.2, 0) is 21.2 Å². The summed E-state index contributed by atoms with van der Waals surface area (Å²) in [5.41, 5.74) is 0.924. The molecule has 0 bridgehead atoms. The SMILES string of the molecule is CCCCn1c(SC(C)C(=O)N(C)C2CCS(=O)(=O)C2)nc2sc(C)c(C)c2c1=O. The van der Waals surface area contributed by atoms with Crippen molar-refractivity contribution in [3.05, 3.63) is 20.8 Å². The molecule has 30 heavy (non-hydrogen) atoms. The van der Waals surface area contributed by atoms with E-state index >= 15 is 0 Å². The molecule has 0 spiro atoms. The van der Waals surface area contributed by atoms with E-state index in [1.165, 1.54) is 23.1 Å². The van der Waals surface area contributed by atoms with Gasteiger partial charge in [-0.15, -0.1) is 11.3 Å². The Balaban J connectivity index is 1.89. The van der Waals surface area contributed by atoms with E-state index in [-0.39, 0.29) is 29.0 Å². The molecule has 0 radical (unpaired) electrons. The number of thiophene rings is 1. The first-order chi connectivity index (χ1) is 14.1. The van der Waals surface area contributed by atoms with Gasteiger partial charge in [0.05, 0.1) is 22.1 Å². The smallest absolute Gasteiger partial charge is 0.263 e. The van der Waals surface area contributed by atoms with E-state index < -0.39 is 15.1 Å². The Morgan fingerprint density at radius 2 is 2.10 bits per heavy atom. The minimum absolute atomic E-state index is 0.0196. The van der Waals surface area contributed by atoms with Crippen LogP contribution in [0, 0.1) is 13.8 Å². The van der Waals surface area contributed by atoms with Crippen LogP contribution in [0.5, 0.6) is 0 Å². The van der Waals surface area contributed by atoms with Crippen LogP contribution in [-0.4, -0.2) is 58.6 Å². The van der Waals surface area contributed by atoms with Crippen molar-refractivity contribution < 1.29 is 13.2 Å². The molecule has 0 N–H and O–H groups in total. The van der Waals surface area contributed by atoms with E-state index in [0.29, 0.717) is 28.3 Å². The van der Waals surface area contributed by atoms with Crippen molar-refractivity contribution in [2.24, 2.45) is 0 Å². The number of hydrogen-bond acceptors (Lipinski definition) is 7. The highest BCUT2D eigenvalue weighted by Gasteiger charge is 2.34. The fraction of sp³-hybridized carbons (Fsp3) is 0.650. The Hall–Kier alpha value is -1.39. The minimum atomic E-state index is -3.06. The molecule has 2 aromatic rings. The highest BCUT2D eigenvalue weighted by atomic mass is 32.2. The minimum Gasteiger partial charge on any atom is -0.341 e. The average molecular weight is 472 g/mol. The predicted molar refractivity (Wildman–Crippen MR) is 123 cm³/mol. The molecule has 1 saturated heterocycles. The summed E-state index contributed by atoms with van der Waals surface area (Å²) in [6, 6.07) is -0.286. The van der Waals surface area contributed by atoms with Gasteiger partial charge in [0.15, 0.2) is 15.0 Å². The maximum absolute atomic E-state index is 13.2. The van der Waals surface area contributed by atoms with Gasteiger partial charge in [-0.3, -0.25) is 14.2 Å². The van der Waals surface area contributed by atoms with E-state index in [0.717, 1.165) is 23.3 Å². The fourth-order valence-electron chi connectivity index (χ4n) is 3.67. The van der Waals surface area contributed by atoms with Crippen molar-refractivity contribution in [2.45, 2.75) is 70.0 Å². The van der Waals surface area contributed by atoms with E-state index in [1.54, 1.807) is 23.4 Å². The molecule has 0 saturated carbocycles. The van der Waals surface area contributed by atoms with Crippen molar-refractivity contribution in [2.75, 3.05) is 18.6 Å². The third-order valence-electron chi connectivity index (χ3n) is 5.72. The number of nitrogens with zero attached hydrogens (tertiary/aromatic N) is 3. The standard InChI is InChI=1S/C20H29N3O4S3/c1-6-7-9-23-19(25)16-12(2)13(3)28-17(16)21-20(23)29-14(4)18(24)22(5)15-8-10-30(26,27)11-15/h14-15H,6-11H2,1-5H3. The molecule has 1 amide bonds. The molecule has 2 unspecified atom stereocenters. The van der Waals surface area contributed by atoms with Gasteiger partial charge in [0.2, 0.25) is 5.91 Å². The average Bonchev–Trinajstić information content (AvgIpc) is 3.19. The number of sulfone groups is 1. The number of rotatable bonds is 7. The van der Waals surface area contributed by atoms with E-state index in [9.17, 15) is 18.0 Å². The summed E-state index contributed by atoms with van der Waals surface area (Å²) in [4.78, 5) is 34.3. The number of aryl methyl sites for hydroxylation is 2. The predicted octanol–water partition coefficient (Wildman–Crippen LogP) is 3.00. The summed E-state index contributed by atoms with van der Waals surface area (Å²) in [5, 5.41) is 0.749. The Morgan fingerprint density at radius 3 is 2.70 bits per heavy atom. The van der Waals surface area contributed by atoms with Crippen molar-refractivity contribution in [1.29, 1.82) is 0 Å². The molecule has 3 heterocycles. The molecule has 2 aromatic heterocycles. The summed E-state index contributed by atoms with van der Waals surface area (Å²) in [5.74, 6) is 0.00565. The molecule has 1 aliphatic heterocycles. The van der Waals surface area contributed by atoms with Gasteiger partial charge in [0, 0.05) is 24.5 Å². The molecule has 0 aromatic carbocycles. The maximum Gasteiger partial charge on any atom is 0.263 e. The summed E-state index contributed by atoms with van der Waals surface area (Å²) in [7, 11) is -1.40. The number of carbonyl (C=O) groups is 1. The van der Waals surface area contributed by atoms with Gasteiger partial charge < -0.3 is 4.90 Å². The normalized spacial score (nSPS) is 19.3. The Morgan fingerprint density at radius 1 is 1.40 bits per heavy atom. The highest BCUT2D eigenvalue weighted by Crippen LogP contribution is 2.30.